The maximum absolute atomic E-state index is 5.33. The summed E-state index contributed by atoms with van der Waals surface area (Å²) in [5, 5.41) is 1.07. The Labute approximate surface area is 181 Å². The van der Waals surface area contributed by atoms with Crippen molar-refractivity contribution >= 4 is 28.2 Å². The Hall–Kier alpha value is -1.87. The Kier molecular flexibility index (Phi) is 6.68. The van der Waals surface area contributed by atoms with Crippen LogP contribution in [0, 0.1) is 5.41 Å². The van der Waals surface area contributed by atoms with Crippen molar-refractivity contribution in [1.29, 1.82) is 0 Å². The number of aliphatic imine (C=N–C) groups is 2. The molecule has 2 aromatic rings. The number of para-hydroxylation sites is 1. The van der Waals surface area contributed by atoms with Crippen molar-refractivity contribution in [3.63, 3.8) is 0 Å². The van der Waals surface area contributed by atoms with E-state index in [0.717, 1.165) is 27.8 Å². The van der Waals surface area contributed by atoms with Gasteiger partial charge in [0.25, 0.3) is 0 Å². The van der Waals surface area contributed by atoms with E-state index in [1.165, 1.54) is 11.1 Å². The third kappa shape index (κ3) is 5.01. The Morgan fingerprint density at radius 2 is 1.52 bits per heavy atom. The van der Waals surface area contributed by atoms with Crippen molar-refractivity contribution in [2.75, 3.05) is 5.75 Å². The largest absolute Gasteiger partial charge is 0.271 e. The number of nitrogens with zero attached hydrogens (tertiary/aromatic N) is 2. The van der Waals surface area contributed by atoms with Gasteiger partial charge in [-0.2, -0.15) is 0 Å². The van der Waals surface area contributed by atoms with Crippen LogP contribution in [0.25, 0.3) is 0 Å². The first-order valence-corrected chi connectivity index (χ1v) is 11.6. The summed E-state index contributed by atoms with van der Waals surface area (Å²) in [4.78, 5) is 10.5. The van der Waals surface area contributed by atoms with Crippen LogP contribution in [0.1, 0.15) is 77.0 Å². The second-order valence-electron chi connectivity index (χ2n) is 9.55. The molecule has 0 amide bonds. The molecule has 0 saturated heterocycles. The average Bonchev–Trinajstić information content (AvgIpc) is 3.16. The number of thioether (sulfide) groups is 1. The van der Waals surface area contributed by atoms with Gasteiger partial charge in [-0.05, 0) is 28.4 Å². The third-order valence-electron chi connectivity index (χ3n) is 5.47. The lowest BCUT2D eigenvalue weighted by Crippen LogP contribution is -2.24. The second kappa shape index (κ2) is 8.87. The summed E-state index contributed by atoms with van der Waals surface area (Å²) >= 11 is 1.85. The van der Waals surface area contributed by atoms with E-state index in [1.807, 2.05) is 11.8 Å². The monoisotopic (exact) mass is 406 g/mol. The molecule has 1 aliphatic rings. The topological polar surface area (TPSA) is 24.7 Å². The van der Waals surface area contributed by atoms with Gasteiger partial charge in [-0.3, -0.25) is 4.99 Å². The van der Waals surface area contributed by atoms with Crippen LogP contribution in [0.4, 0.5) is 5.69 Å². The molecule has 3 rings (SSSR count). The fourth-order valence-electron chi connectivity index (χ4n) is 3.53. The molecule has 2 aromatic carbocycles. The van der Waals surface area contributed by atoms with Gasteiger partial charge in [0.15, 0.2) is 0 Å². The van der Waals surface area contributed by atoms with Gasteiger partial charge in [0.2, 0.25) is 0 Å². The van der Waals surface area contributed by atoms with E-state index in [-0.39, 0.29) is 5.41 Å². The van der Waals surface area contributed by atoms with Gasteiger partial charge >= 0.3 is 0 Å². The number of benzene rings is 2. The number of hydrogen-bond acceptors (Lipinski definition) is 3. The molecule has 0 unspecified atom stereocenters. The minimum Gasteiger partial charge on any atom is -0.271 e. The second-order valence-corrected chi connectivity index (χ2v) is 10.6. The van der Waals surface area contributed by atoms with Crippen LogP contribution in [-0.4, -0.2) is 22.6 Å². The molecule has 0 bridgehead atoms. The van der Waals surface area contributed by atoms with Crippen molar-refractivity contribution in [3.05, 3.63) is 65.2 Å². The molecule has 0 spiro atoms. The molecular weight excluding hydrogens is 372 g/mol. The lowest BCUT2D eigenvalue weighted by Gasteiger charge is -2.23. The zero-order valence-corrected chi connectivity index (χ0v) is 19.7. The van der Waals surface area contributed by atoms with E-state index < -0.39 is 0 Å². The minimum absolute atomic E-state index is 0.162. The lowest BCUT2D eigenvalue weighted by molar-refractivity contribution is 0.349. The summed E-state index contributed by atoms with van der Waals surface area (Å²) in [7, 11) is 0. The maximum Gasteiger partial charge on any atom is 0.117 e. The van der Waals surface area contributed by atoms with Crippen LogP contribution in [0.5, 0.6) is 0 Å². The zero-order chi connectivity index (χ0) is 21.2. The van der Waals surface area contributed by atoms with Crippen LogP contribution in [-0.2, 0) is 0 Å². The fourth-order valence-corrected chi connectivity index (χ4v) is 4.92. The van der Waals surface area contributed by atoms with Gasteiger partial charge in [-0.15, -0.1) is 11.8 Å². The highest BCUT2D eigenvalue weighted by molar-refractivity contribution is 8.16. The van der Waals surface area contributed by atoms with Gasteiger partial charge in [0.1, 0.15) is 10.8 Å². The first-order valence-electron chi connectivity index (χ1n) is 10.7. The third-order valence-corrected chi connectivity index (χ3v) is 6.52. The maximum atomic E-state index is 5.33. The van der Waals surface area contributed by atoms with Crippen molar-refractivity contribution in [1.82, 2.24) is 0 Å². The van der Waals surface area contributed by atoms with Crippen LogP contribution in [0.3, 0.4) is 0 Å². The van der Waals surface area contributed by atoms with Crippen LogP contribution < -0.4 is 0 Å². The van der Waals surface area contributed by atoms with Crippen LogP contribution >= 0.6 is 11.8 Å². The van der Waals surface area contributed by atoms with Crippen molar-refractivity contribution in [3.8, 4) is 0 Å². The quantitative estimate of drug-likeness (QED) is 0.469. The van der Waals surface area contributed by atoms with E-state index in [0.29, 0.717) is 17.9 Å². The van der Waals surface area contributed by atoms with E-state index in [2.05, 4.69) is 97.0 Å². The minimum atomic E-state index is 0.162. The van der Waals surface area contributed by atoms with Crippen molar-refractivity contribution in [2.45, 2.75) is 66.3 Å². The van der Waals surface area contributed by atoms with Gasteiger partial charge in [-0.1, -0.05) is 97.0 Å². The molecule has 0 aromatic heterocycles. The molecule has 0 N–H and O–H groups in total. The fraction of sp³-hybridized carbons (Fsp3) is 0.462. The average molecular weight is 407 g/mol. The van der Waals surface area contributed by atoms with Crippen LogP contribution in [0.15, 0.2) is 58.5 Å². The van der Waals surface area contributed by atoms with Gasteiger partial charge in [0.05, 0.1) is 11.7 Å². The first-order chi connectivity index (χ1) is 13.7. The summed E-state index contributed by atoms with van der Waals surface area (Å²) < 4.78 is 0. The highest BCUT2D eigenvalue weighted by atomic mass is 32.2. The van der Waals surface area contributed by atoms with Gasteiger partial charge < -0.3 is 0 Å². The molecule has 154 valence electrons. The smallest absolute Gasteiger partial charge is 0.117 e. The van der Waals surface area contributed by atoms with E-state index in [1.54, 1.807) is 0 Å². The van der Waals surface area contributed by atoms with E-state index >= 15 is 0 Å². The summed E-state index contributed by atoms with van der Waals surface area (Å²) in [6.07, 6.45) is 0. The highest BCUT2D eigenvalue weighted by Crippen LogP contribution is 2.37. The highest BCUT2D eigenvalue weighted by Gasteiger charge is 2.31. The summed E-state index contributed by atoms with van der Waals surface area (Å²) in [6.45, 7) is 15.8. The van der Waals surface area contributed by atoms with Crippen LogP contribution in [0.2, 0.25) is 0 Å². The van der Waals surface area contributed by atoms with E-state index in [4.69, 9.17) is 9.98 Å². The molecule has 1 atom stereocenters. The molecule has 3 heteroatoms. The van der Waals surface area contributed by atoms with Crippen molar-refractivity contribution < 1.29 is 0 Å². The number of rotatable bonds is 5. The molecule has 29 heavy (non-hydrogen) atoms. The summed E-state index contributed by atoms with van der Waals surface area (Å²) in [6, 6.07) is 17.5. The molecule has 1 aliphatic heterocycles. The Morgan fingerprint density at radius 3 is 2.00 bits per heavy atom. The van der Waals surface area contributed by atoms with Gasteiger partial charge in [0, 0.05) is 11.3 Å². The summed E-state index contributed by atoms with van der Waals surface area (Å²) in [5.41, 5.74) is 6.05. The predicted octanol–water partition coefficient (Wildman–Crippen LogP) is 7.61. The van der Waals surface area contributed by atoms with E-state index in [9.17, 15) is 0 Å². The normalized spacial score (nSPS) is 17.9. The first kappa shape index (κ1) is 21.8. The molecule has 0 fully saturated rings. The Morgan fingerprint density at radius 1 is 0.931 bits per heavy atom. The molecule has 0 aliphatic carbocycles. The standard InChI is InChI=1S/C26H34N2S/c1-17(2)20-14-11-15-21(18(3)4)24(20)28-23(19-12-9-8-10-13-19)25-27-22(16-29-25)26(5,6)7/h8-15,17-18,22H,16H2,1-7H3/t22-/m1/s1. The molecule has 2 nitrogen and oxygen atoms in total. The van der Waals surface area contributed by atoms with Crippen molar-refractivity contribution in [2.24, 2.45) is 15.4 Å². The lowest BCUT2D eigenvalue weighted by atomic mass is 9.88. The SMILES string of the molecule is CC(C)c1cccc(C(C)C)c1N=C(C1=N[C@@H](C(C)(C)C)CS1)c1ccccc1. The number of hydrogen-bond donors (Lipinski definition) is 0. The summed E-state index contributed by atoms with van der Waals surface area (Å²) in [5.74, 6) is 1.86. The Bertz CT molecular complexity index is 876. The molecule has 1 heterocycles. The Balaban J connectivity index is 2.21. The van der Waals surface area contributed by atoms with Gasteiger partial charge in [-0.25, -0.2) is 4.99 Å². The molecule has 0 saturated carbocycles. The molecule has 0 radical (unpaired) electrons. The molecular formula is C26H34N2S. The zero-order valence-electron chi connectivity index (χ0n) is 18.9. The predicted molar refractivity (Wildman–Crippen MR) is 130 cm³/mol.